The van der Waals surface area contributed by atoms with Crippen molar-refractivity contribution >= 4 is 28.9 Å². The maximum absolute atomic E-state index is 9.53. The molecular weight excluding hydrogens is 191 g/mol. The van der Waals surface area contributed by atoms with E-state index in [4.69, 9.17) is 0 Å². The summed E-state index contributed by atoms with van der Waals surface area (Å²) >= 11 is 2.07. The first kappa shape index (κ1) is 6.14. The average Bonchev–Trinajstić information content (AvgIpc) is 1.35. The fourth-order valence-corrected chi connectivity index (χ4v) is 0.241. The molecule has 0 fully saturated rings. The van der Waals surface area contributed by atoms with Crippen LogP contribution in [0.25, 0.3) is 0 Å². The van der Waals surface area contributed by atoms with Gasteiger partial charge in [0.1, 0.15) is 6.29 Å². The van der Waals surface area contributed by atoms with Crippen molar-refractivity contribution in [1.82, 2.24) is 0 Å². The maximum atomic E-state index is 9.53. The summed E-state index contributed by atoms with van der Waals surface area (Å²) in [6.45, 7) is 1.87. The first-order chi connectivity index (χ1) is 2.77. The van der Waals surface area contributed by atoms with Crippen molar-refractivity contribution in [3.8, 4) is 0 Å². The minimum absolute atomic E-state index is 0.780. The molecule has 0 unspecified atom stereocenters. The van der Waals surface area contributed by atoms with Crippen molar-refractivity contribution in [2.75, 3.05) is 0 Å². The summed E-state index contributed by atoms with van der Waals surface area (Å²) in [4.78, 5) is 9.53. The third-order valence-electron chi connectivity index (χ3n) is 0.298. The Morgan fingerprint density at radius 1 is 1.83 bits per heavy atom. The highest BCUT2D eigenvalue weighted by Crippen LogP contribution is 1.99. The van der Waals surface area contributed by atoms with Gasteiger partial charge >= 0.3 is 0 Å². The van der Waals surface area contributed by atoms with Crippen molar-refractivity contribution in [1.29, 1.82) is 0 Å². The van der Waals surface area contributed by atoms with Crippen LogP contribution in [-0.2, 0) is 4.79 Å². The maximum Gasteiger partial charge on any atom is 0.143 e. The number of hydrogen-bond donors (Lipinski definition) is 0. The Balaban J connectivity index is 3.41. The number of halogens is 1. The molecule has 0 aliphatic heterocycles. The van der Waals surface area contributed by atoms with E-state index in [0.29, 0.717) is 0 Å². The zero-order chi connectivity index (χ0) is 4.99. The van der Waals surface area contributed by atoms with E-state index in [0.717, 1.165) is 9.87 Å². The Morgan fingerprint density at radius 3 is 2.33 bits per heavy atom. The van der Waals surface area contributed by atoms with E-state index in [1.165, 1.54) is 6.08 Å². The molecule has 0 aliphatic carbocycles. The fourth-order valence-electron chi connectivity index (χ4n) is 0.0938. The standard InChI is InChI=1S/C4H5IO/c1-4(5)2-3-6/h2-3H,1H3. The van der Waals surface area contributed by atoms with Gasteiger partial charge in [-0.3, -0.25) is 4.79 Å². The van der Waals surface area contributed by atoms with Gasteiger partial charge in [-0.05, 0) is 39.2 Å². The average molecular weight is 196 g/mol. The van der Waals surface area contributed by atoms with E-state index in [-0.39, 0.29) is 0 Å². The van der Waals surface area contributed by atoms with Crippen molar-refractivity contribution in [3.05, 3.63) is 9.66 Å². The SMILES string of the molecule is CC(I)=CC=O. The highest BCUT2D eigenvalue weighted by molar-refractivity contribution is 14.1. The smallest absolute Gasteiger partial charge is 0.143 e. The Labute approximate surface area is 50.6 Å². The summed E-state index contributed by atoms with van der Waals surface area (Å²) < 4.78 is 1.02. The predicted octanol–water partition coefficient (Wildman–Crippen LogP) is 1.52. The van der Waals surface area contributed by atoms with Gasteiger partial charge in [-0.15, -0.1) is 0 Å². The van der Waals surface area contributed by atoms with Crippen LogP contribution in [0.2, 0.25) is 0 Å². The first-order valence-electron chi connectivity index (χ1n) is 1.55. The van der Waals surface area contributed by atoms with Gasteiger partial charge < -0.3 is 0 Å². The normalized spacial score (nSPS) is 11.3. The van der Waals surface area contributed by atoms with Crippen molar-refractivity contribution in [3.63, 3.8) is 0 Å². The van der Waals surface area contributed by atoms with Crippen LogP contribution in [0.1, 0.15) is 6.92 Å². The predicted molar refractivity (Wildman–Crippen MR) is 33.8 cm³/mol. The van der Waals surface area contributed by atoms with E-state index >= 15 is 0 Å². The Kier molecular flexibility index (Phi) is 3.41. The van der Waals surface area contributed by atoms with Gasteiger partial charge in [-0.2, -0.15) is 0 Å². The van der Waals surface area contributed by atoms with Gasteiger partial charge in [0.25, 0.3) is 0 Å². The molecule has 0 heterocycles. The summed E-state index contributed by atoms with van der Waals surface area (Å²) in [7, 11) is 0. The summed E-state index contributed by atoms with van der Waals surface area (Å²) in [5.74, 6) is 0. The second kappa shape index (κ2) is 3.33. The Bertz CT molecular complexity index is 71.6. The molecule has 0 aliphatic rings. The largest absolute Gasteiger partial charge is 0.299 e. The molecule has 0 rings (SSSR count). The van der Waals surface area contributed by atoms with Crippen LogP contribution < -0.4 is 0 Å². The lowest BCUT2D eigenvalue weighted by Gasteiger charge is -1.70. The third kappa shape index (κ3) is 4.14. The number of allylic oxidation sites excluding steroid dienone is 2. The second-order valence-electron chi connectivity index (χ2n) is 0.890. The van der Waals surface area contributed by atoms with Gasteiger partial charge in [0.15, 0.2) is 0 Å². The molecule has 0 spiro atoms. The summed E-state index contributed by atoms with van der Waals surface area (Å²) in [5.41, 5.74) is 0. The zero-order valence-electron chi connectivity index (χ0n) is 3.44. The van der Waals surface area contributed by atoms with Crippen LogP contribution in [0, 0.1) is 0 Å². The van der Waals surface area contributed by atoms with Crippen LogP contribution in [0.3, 0.4) is 0 Å². The minimum atomic E-state index is 0.780. The first-order valence-corrected chi connectivity index (χ1v) is 2.63. The van der Waals surface area contributed by atoms with E-state index in [9.17, 15) is 4.79 Å². The van der Waals surface area contributed by atoms with Crippen molar-refractivity contribution in [2.45, 2.75) is 6.92 Å². The van der Waals surface area contributed by atoms with Gasteiger partial charge in [0, 0.05) is 0 Å². The molecule has 0 aromatic heterocycles. The fraction of sp³-hybridized carbons (Fsp3) is 0.250. The van der Waals surface area contributed by atoms with Gasteiger partial charge in [0.05, 0.1) is 0 Å². The van der Waals surface area contributed by atoms with Gasteiger partial charge in [-0.1, -0.05) is 0 Å². The molecular formula is C4H5IO. The topological polar surface area (TPSA) is 17.1 Å². The van der Waals surface area contributed by atoms with E-state index < -0.39 is 0 Å². The van der Waals surface area contributed by atoms with Crippen LogP contribution in [0.5, 0.6) is 0 Å². The van der Waals surface area contributed by atoms with Gasteiger partial charge in [0.2, 0.25) is 0 Å². The number of carbonyl (C=O) groups excluding carboxylic acids is 1. The number of carbonyl (C=O) groups is 1. The third-order valence-corrected chi connectivity index (χ3v) is 0.657. The van der Waals surface area contributed by atoms with Crippen LogP contribution in [0.4, 0.5) is 0 Å². The molecule has 0 aromatic rings. The Morgan fingerprint density at radius 2 is 2.33 bits per heavy atom. The minimum Gasteiger partial charge on any atom is -0.299 e. The molecule has 34 valence electrons. The lowest BCUT2D eigenvalue weighted by atomic mass is 10.6. The van der Waals surface area contributed by atoms with Crippen molar-refractivity contribution < 1.29 is 4.79 Å². The molecule has 1 nitrogen and oxygen atoms in total. The number of rotatable bonds is 1. The lowest BCUT2D eigenvalue weighted by molar-refractivity contribution is -0.104. The number of hydrogen-bond acceptors (Lipinski definition) is 1. The summed E-state index contributed by atoms with van der Waals surface area (Å²) in [5, 5.41) is 0. The Hall–Kier alpha value is 0.140. The molecule has 2 heteroatoms. The molecule has 6 heavy (non-hydrogen) atoms. The van der Waals surface area contributed by atoms with Gasteiger partial charge in [-0.25, -0.2) is 0 Å². The van der Waals surface area contributed by atoms with E-state index in [1.54, 1.807) is 0 Å². The molecule has 0 radical (unpaired) electrons. The highest BCUT2D eigenvalue weighted by atomic mass is 127. The van der Waals surface area contributed by atoms with Crippen LogP contribution in [-0.4, -0.2) is 6.29 Å². The molecule has 0 bridgehead atoms. The van der Waals surface area contributed by atoms with Crippen molar-refractivity contribution in [2.24, 2.45) is 0 Å². The van der Waals surface area contributed by atoms with E-state index in [1.807, 2.05) is 6.92 Å². The molecule has 0 saturated carbocycles. The molecule has 0 saturated heterocycles. The quantitative estimate of drug-likeness (QED) is 0.353. The lowest BCUT2D eigenvalue weighted by Crippen LogP contribution is -1.57. The molecule has 0 N–H and O–H groups in total. The molecule has 0 aromatic carbocycles. The summed E-state index contributed by atoms with van der Waals surface area (Å²) in [6.07, 6.45) is 2.29. The molecule has 0 amide bonds. The number of aldehydes is 1. The van der Waals surface area contributed by atoms with Crippen LogP contribution >= 0.6 is 22.6 Å². The highest BCUT2D eigenvalue weighted by Gasteiger charge is 1.69. The monoisotopic (exact) mass is 196 g/mol. The molecule has 0 atom stereocenters. The van der Waals surface area contributed by atoms with E-state index in [2.05, 4.69) is 22.6 Å². The second-order valence-corrected chi connectivity index (χ2v) is 2.59. The zero-order valence-corrected chi connectivity index (χ0v) is 5.60. The summed E-state index contributed by atoms with van der Waals surface area (Å²) in [6, 6.07) is 0. The van der Waals surface area contributed by atoms with Crippen LogP contribution in [0.15, 0.2) is 9.66 Å².